The van der Waals surface area contributed by atoms with Crippen LogP contribution in [0.15, 0.2) is 24.3 Å². The smallest absolute Gasteiger partial charge is 0.185 e. The monoisotopic (exact) mass is 233 g/mol. The van der Waals surface area contributed by atoms with Crippen LogP contribution in [0.3, 0.4) is 0 Å². The third kappa shape index (κ3) is 4.52. The van der Waals surface area contributed by atoms with Crippen molar-refractivity contribution in [2.45, 2.75) is 19.9 Å². The first-order chi connectivity index (χ1) is 7.74. The van der Waals surface area contributed by atoms with Crippen molar-refractivity contribution in [3.8, 4) is 11.8 Å². The highest BCUT2D eigenvalue weighted by molar-refractivity contribution is 8.13. The number of hydrogen-bond acceptors (Lipinski definition) is 3. The van der Waals surface area contributed by atoms with Crippen LogP contribution in [0.5, 0.6) is 0 Å². The second kappa shape index (κ2) is 7.10. The zero-order valence-corrected chi connectivity index (χ0v) is 10.1. The van der Waals surface area contributed by atoms with Gasteiger partial charge in [0.15, 0.2) is 5.12 Å². The number of thioether (sulfide) groups is 1. The van der Waals surface area contributed by atoms with Gasteiger partial charge >= 0.3 is 0 Å². The average molecular weight is 233 g/mol. The molecule has 0 amide bonds. The van der Waals surface area contributed by atoms with E-state index in [1.165, 1.54) is 11.8 Å². The van der Waals surface area contributed by atoms with Gasteiger partial charge in [-0.15, -0.1) is 0 Å². The fourth-order valence-electron chi connectivity index (χ4n) is 1.22. The van der Waals surface area contributed by atoms with Gasteiger partial charge in [0, 0.05) is 31.2 Å². The van der Waals surface area contributed by atoms with Gasteiger partial charge in [-0.3, -0.25) is 4.79 Å². The van der Waals surface area contributed by atoms with E-state index in [1.54, 1.807) is 6.92 Å². The zero-order valence-electron chi connectivity index (χ0n) is 9.32. The van der Waals surface area contributed by atoms with E-state index in [0.29, 0.717) is 6.54 Å². The molecule has 16 heavy (non-hydrogen) atoms. The maximum Gasteiger partial charge on any atom is 0.185 e. The van der Waals surface area contributed by atoms with Crippen molar-refractivity contribution in [3.05, 3.63) is 35.4 Å². The Morgan fingerprint density at radius 3 is 2.88 bits per heavy atom. The highest BCUT2D eigenvalue weighted by atomic mass is 32.2. The Kier molecular flexibility index (Phi) is 5.69. The van der Waals surface area contributed by atoms with E-state index in [-0.39, 0.29) is 5.12 Å². The molecule has 0 unspecified atom stereocenters. The fraction of sp³-hybridized carbons (Fsp3) is 0.308. The Hall–Kier alpha value is -1.24. The Balaban J connectivity index is 2.52. The summed E-state index contributed by atoms with van der Waals surface area (Å²) in [5, 5.41) is 0.143. The van der Waals surface area contributed by atoms with Crippen LogP contribution in [0.1, 0.15) is 24.5 Å². The third-order valence-electron chi connectivity index (χ3n) is 1.99. The van der Waals surface area contributed by atoms with Crippen molar-refractivity contribution in [3.63, 3.8) is 0 Å². The largest absolute Gasteiger partial charge is 0.326 e. The number of benzene rings is 1. The molecule has 0 aliphatic rings. The van der Waals surface area contributed by atoms with E-state index in [4.69, 9.17) is 5.73 Å². The molecule has 0 aliphatic heterocycles. The molecule has 0 radical (unpaired) electrons. The summed E-state index contributed by atoms with van der Waals surface area (Å²) in [5.41, 5.74) is 7.65. The Morgan fingerprint density at radius 2 is 2.19 bits per heavy atom. The van der Waals surface area contributed by atoms with Gasteiger partial charge in [-0.1, -0.05) is 41.8 Å². The topological polar surface area (TPSA) is 43.1 Å². The zero-order chi connectivity index (χ0) is 11.8. The summed E-state index contributed by atoms with van der Waals surface area (Å²) in [6.07, 6.45) is 0.725. The van der Waals surface area contributed by atoms with Crippen molar-refractivity contribution in [2.75, 3.05) is 5.75 Å². The van der Waals surface area contributed by atoms with Gasteiger partial charge in [-0.05, 0) is 11.6 Å². The van der Waals surface area contributed by atoms with E-state index in [1.807, 2.05) is 24.3 Å². The van der Waals surface area contributed by atoms with Crippen LogP contribution >= 0.6 is 11.8 Å². The number of carbonyl (C=O) groups is 1. The van der Waals surface area contributed by atoms with Crippen LogP contribution in [0.2, 0.25) is 0 Å². The summed E-state index contributed by atoms with van der Waals surface area (Å²) in [7, 11) is 0. The highest BCUT2D eigenvalue weighted by Gasteiger charge is 1.95. The molecule has 1 aromatic carbocycles. The molecule has 0 heterocycles. The van der Waals surface area contributed by atoms with Gasteiger partial charge in [0.25, 0.3) is 0 Å². The molecule has 0 fully saturated rings. The minimum absolute atomic E-state index is 0.143. The molecule has 1 aromatic rings. The minimum Gasteiger partial charge on any atom is -0.326 e. The number of rotatable bonds is 3. The standard InChI is InChI=1S/C13H15NOS/c1-11(15)16-9-5-4-7-12-6-2-3-8-13(12)10-14/h2-3,6,8H,5,9-10,14H2,1H3. The Labute approximate surface area is 101 Å². The molecule has 84 valence electrons. The molecule has 3 heteroatoms. The average Bonchev–Trinajstić information content (AvgIpc) is 2.29. The lowest BCUT2D eigenvalue weighted by atomic mass is 10.1. The van der Waals surface area contributed by atoms with Crippen LogP contribution < -0.4 is 5.73 Å². The first-order valence-corrected chi connectivity index (χ1v) is 6.13. The van der Waals surface area contributed by atoms with Crippen LogP contribution in [0.25, 0.3) is 0 Å². The van der Waals surface area contributed by atoms with Crippen molar-refractivity contribution < 1.29 is 4.79 Å². The van der Waals surface area contributed by atoms with Crippen LogP contribution in [0.4, 0.5) is 0 Å². The predicted octanol–water partition coefficient (Wildman–Crippen LogP) is 2.17. The number of hydrogen-bond donors (Lipinski definition) is 1. The van der Waals surface area contributed by atoms with Crippen LogP contribution in [0, 0.1) is 11.8 Å². The normalized spacial score (nSPS) is 9.38. The second-order valence-corrected chi connectivity index (χ2v) is 4.52. The Morgan fingerprint density at radius 1 is 1.44 bits per heavy atom. The van der Waals surface area contributed by atoms with Crippen molar-refractivity contribution >= 4 is 16.9 Å². The van der Waals surface area contributed by atoms with Crippen LogP contribution in [-0.4, -0.2) is 10.9 Å². The fourth-order valence-corrected chi connectivity index (χ4v) is 1.72. The van der Waals surface area contributed by atoms with Crippen molar-refractivity contribution in [2.24, 2.45) is 5.73 Å². The highest BCUT2D eigenvalue weighted by Crippen LogP contribution is 2.06. The molecule has 0 aliphatic carbocycles. The molecule has 0 saturated heterocycles. The molecule has 0 saturated carbocycles. The minimum atomic E-state index is 0.143. The van der Waals surface area contributed by atoms with Crippen LogP contribution in [-0.2, 0) is 11.3 Å². The lowest BCUT2D eigenvalue weighted by molar-refractivity contribution is -0.109. The predicted molar refractivity (Wildman–Crippen MR) is 69.0 cm³/mol. The van der Waals surface area contributed by atoms with Gasteiger partial charge in [0.05, 0.1) is 0 Å². The third-order valence-corrected chi connectivity index (χ3v) is 2.81. The molecule has 1 rings (SSSR count). The van der Waals surface area contributed by atoms with Gasteiger partial charge in [0.1, 0.15) is 0 Å². The maximum atomic E-state index is 10.7. The van der Waals surface area contributed by atoms with E-state index < -0.39 is 0 Å². The number of nitrogens with two attached hydrogens (primary N) is 1. The van der Waals surface area contributed by atoms with E-state index >= 15 is 0 Å². The summed E-state index contributed by atoms with van der Waals surface area (Å²) in [6.45, 7) is 2.08. The summed E-state index contributed by atoms with van der Waals surface area (Å²) in [4.78, 5) is 10.7. The Bertz CT molecular complexity index is 417. The van der Waals surface area contributed by atoms with Gasteiger partial charge in [0.2, 0.25) is 0 Å². The van der Waals surface area contributed by atoms with E-state index in [9.17, 15) is 4.79 Å². The first-order valence-electron chi connectivity index (χ1n) is 5.14. The summed E-state index contributed by atoms with van der Waals surface area (Å²) in [6, 6.07) is 7.86. The first kappa shape index (κ1) is 12.8. The van der Waals surface area contributed by atoms with Crippen molar-refractivity contribution in [1.82, 2.24) is 0 Å². The number of carbonyl (C=O) groups excluding carboxylic acids is 1. The lowest BCUT2D eigenvalue weighted by Gasteiger charge is -1.98. The van der Waals surface area contributed by atoms with Crippen molar-refractivity contribution in [1.29, 1.82) is 0 Å². The van der Waals surface area contributed by atoms with E-state index in [0.717, 1.165) is 23.3 Å². The van der Waals surface area contributed by atoms with E-state index in [2.05, 4.69) is 11.8 Å². The SMILES string of the molecule is CC(=O)SCCC#Cc1ccccc1CN. The molecular formula is C13H15NOS. The molecule has 0 bridgehead atoms. The second-order valence-electron chi connectivity index (χ2n) is 3.25. The van der Waals surface area contributed by atoms with Gasteiger partial charge in [-0.2, -0.15) is 0 Å². The molecular weight excluding hydrogens is 218 g/mol. The summed E-state index contributed by atoms with van der Waals surface area (Å²) < 4.78 is 0. The van der Waals surface area contributed by atoms with Gasteiger partial charge in [-0.25, -0.2) is 0 Å². The molecule has 0 atom stereocenters. The molecule has 0 aromatic heterocycles. The maximum absolute atomic E-state index is 10.7. The van der Waals surface area contributed by atoms with Gasteiger partial charge < -0.3 is 5.73 Å². The quantitative estimate of drug-likeness (QED) is 0.642. The lowest BCUT2D eigenvalue weighted by Crippen LogP contribution is -1.98. The summed E-state index contributed by atoms with van der Waals surface area (Å²) >= 11 is 1.31. The summed E-state index contributed by atoms with van der Waals surface area (Å²) in [5.74, 6) is 6.89. The molecule has 2 nitrogen and oxygen atoms in total. The molecule has 2 N–H and O–H groups in total. The molecule has 0 spiro atoms.